The third-order valence-corrected chi connectivity index (χ3v) is 6.38. The van der Waals surface area contributed by atoms with Crippen LogP contribution in [0.5, 0.6) is 0 Å². The lowest BCUT2D eigenvalue weighted by atomic mass is 10.1. The van der Waals surface area contributed by atoms with Gasteiger partial charge in [-0.25, -0.2) is 19.1 Å². The predicted octanol–water partition coefficient (Wildman–Crippen LogP) is 5.74. The van der Waals surface area contributed by atoms with Crippen molar-refractivity contribution in [1.29, 1.82) is 0 Å². The molecule has 6 nitrogen and oxygen atoms in total. The Morgan fingerprint density at radius 3 is 1.47 bits per heavy atom. The summed E-state index contributed by atoms with van der Waals surface area (Å²) >= 11 is 0. The lowest BCUT2D eigenvalue weighted by Gasteiger charge is -2.09. The summed E-state index contributed by atoms with van der Waals surface area (Å²) in [5.41, 5.74) is 4.55. The van der Waals surface area contributed by atoms with Gasteiger partial charge in [0.05, 0.1) is 17.6 Å². The Morgan fingerprint density at radius 1 is 0.694 bits per heavy atom. The first kappa shape index (κ1) is 24.0. The summed E-state index contributed by atoms with van der Waals surface area (Å²) in [6.45, 7) is 11.9. The molecule has 36 heavy (non-hydrogen) atoms. The molecule has 0 radical (unpaired) electrons. The molecule has 0 unspecified atom stereocenters. The minimum atomic E-state index is -4.52. The van der Waals surface area contributed by atoms with Crippen molar-refractivity contribution < 1.29 is 22.3 Å². The van der Waals surface area contributed by atoms with Crippen molar-refractivity contribution in [1.82, 2.24) is 19.1 Å². The number of pyridine rings is 2. The number of aryl methyl sites for hydroxylation is 2. The van der Waals surface area contributed by atoms with Crippen molar-refractivity contribution >= 4 is 22.3 Å². The molecule has 0 saturated carbocycles. The van der Waals surface area contributed by atoms with Gasteiger partial charge in [-0.2, -0.15) is 22.3 Å². The van der Waals surface area contributed by atoms with Gasteiger partial charge < -0.3 is 0 Å². The largest absolute Gasteiger partial charge is 0.416 e. The van der Waals surface area contributed by atoms with Crippen molar-refractivity contribution in [3.63, 3.8) is 0 Å². The molecule has 0 aliphatic carbocycles. The normalized spacial score (nSPS) is 12.5. The molecule has 0 spiro atoms. The summed E-state index contributed by atoms with van der Waals surface area (Å²) in [6.07, 6.45) is -0.873. The van der Waals surface area contributed by atoms with Crippen molar-refractivity contribution in [3.8, 4) is 11.4 Å². The van der Waals surface area contributed by atoms with E-state index in [0.29, 0.717) is 22.7 Å². The smallest absolute Gasteiger partial charge is 0.226 e. The average Bonchev–Trinajstić information content (AvgIpc) is 3.36. The van der Waals surface area contributed by atoms with E-state index >= 15 is 0 Å². The molecule has 0 aliphatic rings. The lowest BCUT2D eigenvalue weighted by molar-refractivity contribution is -0.692. The zero-order valence-electron chi connectivity index (χ0n) is 21.2. The van der Waals surface area contributed by atoms with Crippen LogP contribution in [0.1, 0.15) is 56.7 Å². The van der Waals surface area contributed by atoms with Crippen molar-refractivity contribution in [3.05, 3.63) is 72.1 Å². The van der Waals surface area contributed by atoms with Gasteiger partial charge in [-0.15, -0.1) is 0 Å². The predicted molar refractivity (Wildman–Crippen MR) is 131 cm³/mol. The third-order valence-electron chi connectivity index (χ3n) is 6.38. The molecule has 0 bridgehead atoms. The van der Waals surface area contributed by atoms with Gasteiger partial charge in [-0.1, -0.05) is 0 Å². The highest BCUT2D eigenvalue weighted by Crippen LogP contribution is 2.34. The Bertz CT molecular complexity index is 1500. The van der Waals surface area contributed by atoms with E-state index in [-0.39, 0.29) is 12.1 Å². The molecule has 0 amide bonds. The van der Waals surface area contributed by atoms with Gasteiger partial charge >= 0.3 is 6.18 Å². The molecule has 4 heterocycles. The van der Waals surface area contributed by atoms with Crippen LogP contribution in [0, 0.1) is 13.8 Å². The van der Waals surface area contributed by atoms with Crippen LogP contribution >= 0.6 is 0 Å². The molecule has 4 aromatic heterocycles. The summed E-state index contributed by atoms with van der Waals surface area (Å²) in [7, 11) is 0. The van der Waals surface area contributed by atoms with Gasteiger partial charge in [0.25, 0.3) is 23.9 Å². The molecule has 0 saturated heterocycles. The highest BCUT2D eigenvalue weighted by molar-refractivity contribution is 5.72. The van der Waals surface area contributed by atoms with Crippen LogP contribution in [0.4, 0.5) is 13.2 Å². The van der Waals surface area contributed by atoms with Gasteiger partial charge in [0.2, 0.25) is 0 Å². The lowest BCUT2D eigenvalue weighted by Crippen LogP contribution is -2.34. The monoisotopic (exact) mass is 494 g/mol. The van der Waals surface area contributed by atoms with E-state index in [2.05, 4.69) is 9.97 Å². The summed E-state index contributed by atoms with van der Waals surface area (Å²) < 4.78 is 49.9. The fourth-order valence-corrected chi connectivity index (χ4v) is 4.55. The molecular weight excluding hydrogens is 465 g/mol. The first-order chi connectivity index (χ1) is 16.9. The number of aromatic nitrogens is 6. The number of hydrogen-bond acceptors (Lipinski definition) is 2. The minimum Gasteiger partial charge on any atom is -0.226 e. The number of halogens is 3. The topological polar surface area (TPSA) is 43.4 Å². The number of alkyl halides is 3. The van der Waals surface area contributed by atoms with Crippen LogP contribution in [-0.2, 0) is 6.18 Å². The minimum absolute atomic E-state index is 0.106. The van der Waals surface area contributed by atoms with E-state index in [4.69, 9.17) is 0 Å². The fourth-order valence-electron chi connectivity index (χ4n) is 4.55. The third kappa shape index (κ3) is 4.02. The van der Waals surface area contributed by atoms with Crippen LogP contribution < -0.4 is 9.13 Å². The maximum Gasteiger partial charge on any atom is 0.416 e. The second-order valence-corrected chi connectivity index (χ2v) is 9.80. The Kier molecular flexibility index (Phi) is 5.61. The van der Waals surface area contributed by atoms with Gasteiger partial charge in [0.15, 0.2) is 11.0 Å². The first-order valence-electron chi connectivity index (χ1n) is 12.0. The molecule has 0 fully saturated rings. The molecule has 1 aromatic carbocycles. The highest BCUT2D eigenvalue weighted by Gasteiger charge is 2.34. The second kappa shape index (κ2) is 8.43. The SMILES string of the molecule is Cc1ccc2c(n1)n(-c1cc(-n3c[n+](C(C)C)c4ccc(C)nc43)cc(C(F)(F)F)c1)c[n+]2C(C)C. The Balaban J connectivity index is 1.83. The molecular formula is C27H29F3N6+2. The van der Waals surface area contributed by atoms with Gasteiger partial charge in [0.1, 0.15) is 11.4 Å². The Labute approximate surface area is 207 Å². The molecule has 9 heteroatoms. The van der Waals surface area contributed by atoms with Crippen molar-refractivity contribution in [2.75, 3.05) is 0 Å². The maximum absolute atomic E-state index is 14.1. The van der Waals surface area contributed by atoms with Crippen LogP contribution in [0.25, 0.3) is 33.7 Å². The van der Waals surface area contributed by atoms with E-state index in [0.717, 1.165) is 22.4 Å². The molecule has 0 atom stereocenters. The quantitative estimate of drug-likeness (QED) is 0.299. The Morgan fingerprint density at radius 2 is 1.11 bits per heavy atom. The number of imidazole rings is 2. The summed E-state index contributed by atoms with van der Waals surface area (Å²) in [5.74, 6) is 0. The van der Waals surface area contributed by atoms with E-state index < -0.39 is 11.7 Å². The van der Waals surface area contributed by atoms with Crippen molar-refractivity contribution in [2.45, 2.75) is 59.8 Å². The molecule has 5 aromatic rings. The first-order valence-corrected chi connectivity index (χ1v) is 12.0. The van der Waals surface area contributed by atoms with Gasteiger partial charge in [-0.05, 0) is 77.9 Å². The maximum atomic E-state index is 14.1. The van der Waals surface area contributed by atoms with Gasteiger partial charge in [-0.3, -0.25) is 0 Å². The van der Waals surface area contributed by atoms with Crippen molar-refractivity contribution in [2.24, 2.45) is 0 Å². The van der Waals surface area contributed by atoms with E-state index in [9.17, 15) is 13.2 Å². The fraction of sp³-hybridized carbons (Fsp3) is 0.333. The van der Waals surface area contributed by atoms with Gasteiger partial charge in [0, 0.05) is 17.5 Å². The van der Waals surface area contributed by atoms with Crippen LogP contribution in [0.2, 0.25) is 0 Å². The summed E-state index contributed by atoms with van der Waals surface area (Å²) in [5, 5.41) is 0. The molecule has 0 N–H and O–H groups in total. The number of nitrogens with zero attached hydrogens (tertiary/aromatic N) is 6. The summed E-state index contributed by atoms with van der Waals surface area (Å²) in [6, 6.07) is 12.1. The number of hydrogen-bond donors (Lipinski definition) is 0. The Hall–Kier alpha value is -3.75. The number of benzene rings is 1. The van der Waals surface area contributed by atoms with Crippen LogP contribution in [0.3, 0.4) is 0 Å². The molecule has 0 aliphatic heterocycles. The molecule has 186 valence electrons. The standard InChI is InChI=1S/C27H29F3N6/c1-16(2)33-14-35(25-23(33)9-7-18(5)31-25)21-11-20(27(28,29)30)12-22(13-21)36-15-34(17(3)4)24-10-8-19(6)32-26(24)36/h7-17H,1-6H3/q+2. The van der Waals surface area contributed by atoms with E-state index in [1.165, 1.54) is 12.1 Å². The van der Waals surface area contributed by atoms with E-state index in [1.54, 1.807) is 15.2 Å². The van der Waals surface area contributed by atoms with Crippen LogP contribution in [0.15, 0.2) is 55.1 Å². The van der Waals surface area contributed by atoms with E-state index in [1.807, 2.05) is 87.6 Å². The van der Waals surface area contributed by atoms with Crippen LogP contribution in [-0.4, -0.2) is 19.1 Å². The second-order valence-electron chi connectivity index (χ2n) is 9.80. The number of fused-ring (bicyclic) bond motifs is 2. The number of rotatable bonds is 4. The average molecular weight is 495 g/mol. The zero-order chi connectivity index (χ0) is 25.9. The zero-order valence-corrected chi connectivity index (χ0v) is 21.2. The highest BCUT2D eigenvalue weighted by atomic mass is 19.4. The summed E-state index contributed by atoms with van der Waals surface area (Å²) in [4.78, 5) is 9.35. The molecule has 5 rings (SSSR count).